The van der Waals surface area contributed by atoms with E-state index in [1.165, 1.54) is 26.6 Å². The molecule has 0 amide bonds. The lowest BCUT2D eigenvalue weighted by Crippen LogP contribution is -2.12. The average Bonchev–Trinajstić information content (AvgIpc) is 2.50. The number of carbonyl (C=O) groups excluding carboxylic acids is 1. The number of carbonyl (C=O) groups is 1. The van der Waals surface area contributed by atoms with Crippen LogP contribution in [0.1, 0.15) is 18.9 Å². The van der Waals surface area contributed by atoms with Gasteiger partial charge >= 0.3 is 0 Å². The molecular weight excluding hydrogens is 172 g/mol. The van der Waals surface area contributed by atoms with Gasteiger partial charge in [-0.15, -0.1) is 0 Å². The molecule has 0 saturated carbocycles. The van der Waals surface area contributed by atoms with E-state index in [2.05, 4.69) is 4.98 Å². The van der Waals surface area contributed by atoms with E-state index in [9.17, 15) is 9.90 Å². The molecule has 5 nitrogen and oxygen atoms in total. The van der Waals surface area contributed by atoms with Crippen molar-refractivity contribution in [3.8, 4) is 0 Å². The third kappa shape index (κ3) is 2.37. The molecule has 0 aliphatic rings. The first-order valence-corrected chi connectivity index (χ1v) is 3.85. The second-order valence-corrected chi connectivity index (χ2v) is 2.74. The summed E-state index contributed by atoms with van der Waals surface area (Å²) in [5.74, 6) is 0.00236. The number of aliphatic hydroxyl groups excluding tert-OH is 1. The zero-order valence-electron chi connectivity index (χ0n) is 7.60. The maximum absolute atomic E-state index is 10.8. The third-order valence-corrected chi connectivity index (χ3v) is 1.61. The molecule has 5 heteroatoms. The molecule has 72 valence electrons. The molecular formula is C8H12N2O3. The minimum absolute atomic E-state index is 0.00236. The van der Waals surface area contributed by atoms with E-state index in [-0.39, 0.29) is 12.3 Å². The van der Waals surface area contributed by atoms with E-state index in [0.29, 0.717) is 5.69 Å². The highest BCUT2D eigenvalue weighted by Crippen LogP contribution is 2.12. The van der Waals surface area contributed by atoms with Gasteiger partial charge in [-0.2, -0.15) is 0 Å². The first-order chi connectivity index (χ1) is 6.15. The molecule has 0 bridgehead atoms. The molecule has 1 atom stereocenters. The van der Waals surface area contributed by atoms with Crippen LogP contribution in [-0.4, -0.2) is 27.6 Å². The van der Waals surface area contributed by atoms with Gasteiger partial charge in [-0.3, -0.25) is 4.79 Å². The second-order valence-electron chi connectivity index (χ2n) is 2.74. The SMILES string of the molecule is CO[C@H](O)c1cncn1CC(C)=O. The smallest absolute Gasteiger partial charge is 0.197 e. The number of ether oxygens (including phenoxy) is 1. The number of aromatic nitrogens is 2. The summed E-state index contributed by atoms with van der Waals surface area (Å²) in [6.45, 7) is 1.68. The summed E-state index contributed by atoms with van der Waals surface area (Å²) < 4.78 is 6.25. The molecule has 0 fully saturated rings. The Morgan fingerprint density at radius 1 is 1.85 bits per heavy atom. The Hall–Kier alpha value is -1.20. The molecule has 0 spiro atoms. The zero-order chi connectivity index (χ0) is 9.84. The van der Waals surface area contributed by atoms with Gasteiger partial charge in [0.15, 0.2) is 6.29 Å². The molecule has 0 aliphatic carbocycles. The third-order valence-electron chi connectivity index (χ3n) is 1.61. The van der Waals surface area contributed by atoms with Crippen LogP contribution in [-0.2, 0) is 16.1 Å². The highest BCUT2D eigenvalue weighted by atomic mass is 16.6. The van der Waals surface area contributed by atoms with Crippen molar-refractivity contribution in [3.05, 3.63) is 18.2 Å². The fourth-order valence-corrected chi connectivity index (χ4v) is 1.03. The number of hydrogen-bond donors (Lipinski definition) is 1. The van der Waals surface area contributed by atoms with E-state index in [1.54, 1.807) is 4.57 Å². The highest BCUT2D eigenvalue weighted by Gasteiger charge is 2.12. The summed E-state index contributed by atoms with van der Waals surface area (Å²) in [6, 6.07) is 0. The van der Waals surface area contributed by atoms with Gasteiger partial charge in [0.05, 0.1) is 24.8 Å². The number of ketones is 1. The van der Waals surface area contributed by atoms with Crippen LogP contribution in [0.15, 0.2) is 12.5 Å². The molecule has 0 radical (unpaired) electrons. The van der Waals surface area contributed by atoms with E-state index in [4.69, 9.17) is 4.74 Å². The standard InChI is InChI=1S/C8H12N2O3/c1-6(11)4-10-5-9-3-7(10)8(12)13-2/h3,5,8,12H,4H2,1-2H3/t8-/m0/s1. The molecule has 1 aromatic heterocycles. The van der Waals surface area contributed by atoms with Crippen LogP contribution in [0.2, 0.25) is 0 Å². The first-order valence-electron chi connectivity index (χ1n) is 3.85. The first kappa shape index (κ1) is 9.88. The molecule has 1 heterocycles. The fraction of sp³-hybridized carbons (Fsp3) is 0.500. The normalized spacial score (nSPS) is 12.8. The quantitative estimate of drug-likeness (QED) is 0.674. The second kappa shape index (κ2) is 4.15. The number of aliphatic hydroxyl groups is 1. The number of Topliss-reactive ketones (excluding diaryl/α,β-unsaturated/α-hetero) is 1. The minimum Gasteiger partial charge on any atom is -0.363 e. The van der Waals surface area contributed by atoms with Gasteiger partial charge in [0.2, 0.25) is 0 Å². The van der Waals surface area contributed by atoms with Gasteiger partial charge in [0.1, 0.15) is 5.78 Å². The molecule has 13 heavy (non-hydrogen) atoms. The summed E-state index contributed by atoms with van der Waals surface area (Å²) >= 11 is 0. The van der Waals surface area contributed by atoms with Crippen LogP contribution < -0.4 is 0 Å². The van der Waals surface area contributed by atoms with Gasteiger partial charge in [-0.25, -0.2) is 4.98 Å². The van der Waals surface area contributed by atoms with Gasteiger partial charge in [-0.1, -0.05) is 0 Å². The largest absolute Gasteiger partial charge is 0.363 e. The van der Waals surface area contributed by atoms with Crippen LogP contribution >= 0.6 is 0 Å². The van der Waals surface area contributed by atoms with E-state index >= 15 is 0 Å². The van der Waals surface area contributed by atoms with E-state index in [0.717, 1.165) is 0 Å². The molecule has 1 rings (SSSR count). The molecule has 1 aromatic rings. The van der Waals surface area contributed by atoms with Crippen molar-refractivity contribution in [2.24, 2.45) is 0 Å². The zero-order valence-corrected chi connectivity index (χ0v) is 7.60. The van der Waals surface area contributed by atoms with Crippen molar-refractivity contribution < 1.29 is 14.6 Å². The Kier molecular flexibility index (Phi) is 3.16. The summed E-state index contributed by atoms with van der Waals surface area (Å²) in [5.41, 5.74) is 0.484. The van der Waals surface area contributed by atoms with Crippen molar-refractivity contribution in [1.29, 1.82) is 0 Å². The van der Waals surface area contributed by atoms with Crippen LogP contribution in [0.3, 0.4) is 0 Å². The predicted octanol–water partition coefficient (Wildman–Crippen LogP) is 0.109. The van der Waals surface area contributed by atoms with Crippen molar-refractivity contribution in [2.75, 3.05) is 7.11 Å². The maximum Gasteiger partial charge on any atom is 0.197 e. The summed E-state index contributed by atoms with van der Waals surface area (Å²) in [6.07, 6.45) is 1.93. The van der Waals surface area contributed by atoms with Crippen molar-refractivity contribution in [1.82, 2.24) is 9.55 Å². The lowest BCUT2D eigenvalue weighted by Gasteiger charge is -2.10. The Balaban J connectivity index is 2.82. The number of hydrogen-bond acceptors (Lipinski definition) is 4. The van der Waals surface area contributed by atoms with E-state index < -0.39 is 6.29 Å². The Bertz CT molecular complexity index is 295. The van der Waals surface area contributed by atoms with Crippen molar-refractivity contribution >= 4 is 5.78 Å². The van der Waals surface area contributed by atoms with Gasteiger partial charge < -0.3 is 14.4 Å². The predicted molar refractivity (Wildman–Crippen MR) is 44.9 cm³/mol. The lowest BCUT2D eigenvalue weighted by atomic mass is 10.4. The lowest BCUT2D eigenvalue weighted by molar-refractivity contribution is -0.118. The molecule has 1 N–H and O–H groups in total. The highest BCUT2D eigenvalue weighted by molar-refractivity contribution is 5.75. The fourth-order valence-electron chi connectivity index (χ4n) is 1.03. The topological polar surface area (TPSA) is 64.3 Å². The van der Waals surface area contributed by atoms with E-state index in [1.807, 2.05) is 0 Å². The van der Waals surface area contributed by atoms with Gasteiger partial charge in [0, 0.05) is 7.11 Å². The number of rotatable bonds is 4. The van der Waals surface area contributed by atoms with Crippen molar-refractivity contribution in [3.63, 3.8) is 0 Å². The van der Waals surface area contributed by atoms with Crippen LogP contribution in [0.4, 0.5) is 0 Å². The van der Waals surface area contributed by atoms with Crippen LogP contribution in [0.25, 0.3) is 0 Å². The van der Waals surface area contributed by atoms with Crippen molar-refractivity contribution in [2.45, 2.75) is 19.8 Å². The van der Waals surface area contributed by atoms with Crippen LogP contribution in [0, 0.1) is 0 Å². The monoisotopic (exact) mass is 184 g/mol. The van der Waals surface area contributed by atoms with Gasteiger partial charge in [0.25, 0.3) is 0 Å². The minimum atomic E-state index is -1.03. The average molecular weight is 184 g/mol. The van der Waals surface area contributed by atoms with Crippen LogP contribution in [0.5, 0.6) is 0 Å². The molecule has 0 aromatic carbocycles. The Morgan fingerprint density at radius 3 is 3.08 bits per heavy atom. The maximum atomic E-state index is 10.8. The number of nitrogens with zero attached hydrogens (tertiary/aromatic N) is 2. The Morgan fingerprint density at radius 2 is 2.54 bits per heavy atom. The number of imidazole rings is 1. The summed E-state index contributed by atoms with van der Waals surface area (Å²) in [5, 5.41) is 9.32. The van der Waals surface area contributed by atoms with Gasteiger partial charge in [-0.05, 0) is 6.92 Å². The molecule has 0 saturated heterocycles. The summed E-state index contributed by atoms with van der Waals surface area (Å²) in [4.78, 5) is 14.6. The Labute approximate surface area is 76.0 Å². The molecule has 0 aliphatic heterocycles. The molecule has 0 unspecified atom stereocenters. The number of methoxy groups -OCH3 is 1. The summed E-state index contributed by atoms with van der Waals surface area (Å²) in [7, 11) is 1.38.